The number of anilines is 2. The summed E-state index contributed by atoms with van der Waals surface area (Å²) in [5.41, 5.74) is 0. The van der Waals surface area contributed by atoms with E-state index in [9.17, 15) is 0 Å². The average molecular weight is 252 g/mol. The monoisotopic (exact) mass is 252 g/mol. The minimum absolute atomic E-state index is 0.421. The molecule has 1 heterocycles. The Labute approximate surface area is 109 Å². The van der Waals surface area contributed by atoms with Crippen LogP contribution in [-0.2, 0) is 11.3 Å². The van der Waals surface area contributed by atoms with Crippen LogP contribution in [0.25, 0.3) is 0 Å². The molecule has 1 unspecified atom stereocenters. The van der Waals surface area contributed by atoms with Crippen molar-refractivity contribution in [3.05, 3.63) is 11.9 Å². The average Bonchev–Trinajstić information content (AvgIpc) is 2.35. The van der Waals surface area contributed by atoms with Crippen LogP contribution in [0, 0.1) is 11.8 Å². The van der Waals surface area contributed by atoms with Crippen molar-refractivity contribution in [2.24, 2.45) is 11.8 Å². The molecular formula is C13H24N4O. The summed E-state index contributed by atoms with van der Waals surface area (Å²) >= 11 is 0. The summed E-state index contributed by atoms with van der Waals surface area (Å²) in [5.74, 6) is 3.58. The van der Waals surface area contributed by atoms with Gasteiger partial charge in [-0.05, 0) is 11.8 Å². The van der Waals surface area contributed by atoms with Gasteiger partial charge in [0.25, 0.3) is 0 Å². The van der Waals surface area contributed by atoms with Crippen LogP contribution in [0.1, 0.15) is 26.6 Å². The van der Waals surface area contributed by atoms with Gasteiger partial charge < -0.3 is 15.4 Å². The number of ether oxygens (including phenoxy) is 1. The van der Waals surface area contributed by atoms with Crippen LogP contribution in [0.2, 0.25) is 0 Å². The Morgan fingerprint density at radius 2 is 1.89 bits per heavy atom. The molecule has 102 valence electrons. The zero-order valence-electron chi connectivity index (χ0n) is 11.9. The molecule has 1 atom stereocenters. The van der Waals surface area contributed by atoms with E-state index in [0.717, 1.165) is 18.2 Å². The van der Waals surface area contributed by atoms with Gasteiger partial charge in [0.15, 0.2) is 5.82 Å². The first-order valence-corrected chi connectivity index (χ1v) is 6.35. The van der Waals surface area contributed by atoms with Crippen LogP contribution in [-0.4, -0.2) is 30.7 Å². The number of hydrogen-bond acceptors (Lipinski definition) is 5. The van der Waals surface area contributed by atoms with Crippen molar-refractivity contribution >= 4 is 11.6 Å². The van der Waals surface area contributed by atoms with E-state index >= 15 is 0 Å². The molecule has 5 heteroatoms. The Kier molecular flexibility index (Phi) is 5.85. The number of nitrogens with one attached hydrogen (secondary N) is 2. The molecule has 0 bridgehead atoms. The smallest absolute Gasteiger partial charge is 0.158 e. The van der Waals surface area contributed by atoms with E-state index in [-0.39, 0.29) is 0 Å². The largest absolute Gasteiger partial charge is 0.377 e. The minimum Gasteiger partial charge on any atom is -0.377 e. The Balaban J connectivity index is 2.71. The van der Waals surface area contributed by atoms with Gasteiger partial charge in [0, 0.05) is 26.8 Å². The first-order valence-electron chi connectivity index (χ1n) is 6.35. The van der Waals surface area contributed by atoms with Gasteiger partial charge in [-0.25, -0.2) is 9.97 Å². The van der Waals surface area contributed by atoms with E-state index in [2.05, 4.69) is 41.4 Å². The van der Waals surface area contributed by atoms with Crippen LogP contribution in [0.4, 0.5) is 11.6 Å². The lowest BCUT2D eigenvalue weighted by Crippen LogP contribution is -2.17. The van der Waals surface area contributed by atoms with Gasteiger partial charge in [-0.15, -0.1) is 0 Å². The molecule has 0 fully saturated rings. The molecular weight excluding hydrogens is 228 g/mol. The van der Waals surface area contributed by atoms with E-state index < -0.39 is 0 Å². The molecule has 0 saturated carbocycles. The normalized spacial score (nSPS) is 12.6. The first-order chi connectivity index (χ1) is 8.56. The second-order valence-corrected chi connectivity index (χ2v) is 4.84. The second-order valence-electron chi connectivity index (χ2n) is 4.84. The molecule has 2 N–H and O–H groups in total. The maximum Gasteiger partial charge on any atom is 0.158 e. The molecule has 1 aromatic heterocycles. The Bertz CT molecular complexity index is 368. The zero-order valence-corrected chi connectivity index (χ0v) is 11.9. The van der Waals surface area contributed by atoms with Crippen molar-refractivity contribution < 1.29 is 4.74 Å². The lowest BCUT2D eigenvalue weighted by Gasteiger charge is -2.17. The highest BCUT2D eigenvalue weighted by Crippen LogP contribution is 2.14. The van der Waals surface area contributed by atoms with E-state index in [4.69, 9.17) is 4.74 Å². The molecule has 5 nitrogen and oxygen atoms in total. The van der Waals surface area contributed by atoms with Crippen LogP contribution >= 0.6 is 0 Å². The van der Waals surface area contributed by atoms with Crippen molar-refractivity contribution in [3.63, 3.8) is 0 Å². The number of rotatable bonds is 7. The van der Waals surface area contributed by atoms with Gasteiger partial charge in [0.05, 0.1) is 0 Å². The fourth-order valence-corrected chi connectivity index (χ4v) is 1.41. The van der Waals surface area contributed by atoms with E-state index in [1.54, 1.807) is 7.11 Å². The van der Waals surface area contributed by atoms with Crippen molar-refractivity contribution in [2.45, 2.75) is 27.4 Å². The number of methoxy groups -OCH3 is 1. The highest BCUT2D eigenvalue weighted by atomic mass is 16.5. The molecule has 0 radical (unpaired) electrons. The van der Waals surface area contributed by atoms with Crippen molar-refractivity contribution in [1.82, 2.24) is 9.97 Å². The summed E-state index contributed by atoms with van der Waals surface area (Å²) in [6.45, 7) is 8.01. The maximum absolute atomic E-state index is 5.07. The predicted molar refractivity (Wildman–Crippen MR) is 74.8 cm³/mol. The van der Waals surface area contributed by atoms with Crippen LogP contribution in [0.3, 0.4) is 0 Å². The van der Waals surface area contributed by atoms with Crippen molar-refractivity contribution in [3.8, 4) is 0 Å². The lowest BCUT2D eigenvalue weighted by atomic mass is 9.98. The fraction of sp³-hybridized carbons (Fsp3) is 0.692. The van der Waals surface area contributed by atoms with E-state index in [0.29, 0.717) is 24.3 Å². The third kappa shape index (κ3) is 4.49. The molecule has 1 rings (SSSR count). The van der Waals surface area contributed by atoms with Gasteiger partial charge >= 0.3 is 0 Å². The van der Waals surface area contributed by atoms with Gasteiger partial charge in [0.1, 0.15) is 18.2 Å². The van der Waals surface area contributed by atoms with Gasteiger partial charge in [0.2, 0.25) is 0 Å². The van der Waals surface area contributed by atoms with E-state index in [1.165, 1.54) is 0 Å². The fourth-order valence-electron chi connectivity index (χ4n) is 1.41. The molecule has 0 spiro atoms. The zero-order chi connectivity index (χ0) is 13.5. The highest BCUT2D eigenvalue weighted by molar-refractivity contribution is 5.47. The summed E-state index contributed by atoms with van der Waals surface area (Å²) in [5, 5.41) is 6.38. The molecule has 0 aliphatic carbocycles. The number of hydrogen-bond donors (Lipinski definition) is 2. The quantitative estimate of drug-likeness (QED) is 0.780. The van der Waals surface area contributed by atoms with E-state index in [1.807, 2.05) is 13.1 Å². The summed E-state index contributed by atoms with van der Waals surface area (Å²) < 4.78 is 5.07. The third-order valence-corrected chi connectivity index (χ3v) is 3.05. The third-order valence-electron chi connectivity index (χ3n) is 3.05. The summed E-state index contributed by atoms with van der Waals surface area (Å²) in [6.07, 6.45) is 0. The number of aromatic nitrogens is 2. The first kappa shape index (κ1) is 14.7. The highest BCUT2D eigenvalue weighted by Gasteiger charge is 2.08. The molecule has 0 amide bonds. The Morgan fingerprint density at radius 3 is 2.44 bits per heavy atom. The van der Waals surface area contributed by atoms with Gasteiger partial charge in [-0.2, -0.15) is 0 Å². The summed E-state index contributed by atoms with van der Waals surface area (Å²) in [6, 6.07) is 1.91. The summed E-state index contributed by atoms with van der Waals surface area (Å²) in [4.78, 5) is 8.73. The molecule has 0 saturated heterocycles. The van der Waals surface area contributed by atoms with Crippen molar-refractivity contribution in [2.75, 3.05) is 31.3 Å². The lowest BCUT2D eigenvalue weighted by molar-refractivity contribution is 0.178. The molecule has 0 aromatic carbocycles. The SMILES string of the molecule is CNc1cc(NCC(C)C(C)C)nc(COC)n1. The van der Waals surface area contributed by atoms with Gasteiger partial charge in [-0.3, -0.25) is 0 Å². The standard InChI is InChI=1S/C13H24N4O/c1-9(2)10(3)7-15-12-6-11(14-4)16-13(17-12)8-18-5/h6,9-10H,7-8H2,1-5H3,(H2,14,15,16,17). The molecule has 0 aliphatic heterocycles. The van der Waals surface area contributed by atoms with Gasteiger partial charge in [-0.1, -0.05) is 20.8 Å². The van der Waals surface area contributed by atoms with Crippen LogP contribution in [0.5, 0.6) is 0 Å². The minimum atomic E-state index is 0.421. The molecule has 1 aromatic rings. The number of nitrogens with zero attached hydrogens (tertiary/aromatic N) is 2. The summed E-state index contributed by atoms with van der Waals surface area (Å²) in [7, 11) is 3.49. The van der Waals surface area contributed by atoms with Crippen LogP contribution in [0.15, 0.2) is 6.07 Å². The maximum atomic E-state index is 5.07. The van der Waals surface area contributed by atoms with Crippen molar-refractivity contribution in [1.29, 1.82) is 0 Å². The predicted octanol–water partition coefficient (Wildman–Crippen LogP) is 2.37. The van der Waals surface area contributed by atoms with Crippen LogP contribution < -0.4 is 10.6 Å². The topological polar surface area (TPSA) is 59.1 Å². The molecule has 18 heavy (non-hydrogen) atoms. The Hall–Kier alpha value is -1.36. The second kappa shape index (κ2) is 7.16. The molecule has 0 aliphatic rings. The Morgan fingerprint density at radius 1 is 1.22 bits per heavy atom.